The molecule has 88 valence electrons. The Morgan fingerprint density at radius 3 is 2.35 bits per heavy atom. The molecule has 0 fully saturated rings. The van der Waals surface area contributed by atoms with Gasteiger partial charge in [-0.3, -0.25) is 4.99 Å². The molecule has 0 aliphatic rings. The second kappa shape index (κ2) is 5.00. The van der Waals surface area contributed by atoms with E-state index in [-0.39, 0.29) is 0 Å². The van der Waals surface area contributed by atoms with Crippen LogP contribution in [0.3, 0.4) is 0 Å². The third-order valence-electron chi connectivity index (χ3n) is 2.89. The van der Waals surface area contributed by atoms with E-state index >= 15 is 0 Å². The Morgan fingerprint density at radius 1 is 1.12 bits per heavy atom. The van der Waals surface area contributed by atoms with E-state index in [1.54, 1.807) is 0 Å². The minimum absolute atomic E-state index is 0.570. The second-order valence-corrected chi connectivity index (χ2v) is 4.55. The number of aliphatic imine (C=N–C) groups is 1. The van der Waals surface area contributed by atoms with Crippen LogP contribution in [-0.2, 0) is 7.05 Å². The maximum Gasteiger partial charge on any atom is 0.0630 e. The van der Waals surface area contributed by atoms with Crippen LogP contribution in [0, 0.1) is 0 Å². The van der Waals surface area contributed by atoms with Crippen LogP contribution in [0.2, 0.25) is 0 Å². The molecule has 0 amide bonds. The van der Waals surface area contributed by atoms with Gasteiger partial charge in [0.05, 0.1) is 17.6 Å². The summed E-state index contributed by atoms with van der Waals surface area (Å²) in [5, 5.41) is 0. The largest absolute Gasteiger partial charge is 0.350 e. The highest BCUT2D eigenvalue weighted by atomic mass is 14.9. The number of hydrogen-bond acceptors (Lipinski definition) is 1. The van der Waals surface area contributed by atoms with E-state index in [9.17, 15) is 0 Å². The molecule has 0 aliphatic carbocycles. The van der Waals surface area contributed by atoms with Crippen molar-refractivity contribution >= 4 is 11.9 Å². The van der Waals surface area contributed by atoms with Gasteiger partial charge < -0.3 is 4.57 Å². The van der Waals surface area contributed by atoms with Crippen molar-refractivity contribution in [2.75, 3.05) is 0 Å². The van der Waals surface area contributed by atoms with Gasteiger partial charge in [-0.2, -0.15) is 0 Å². The Labute approximate surface area is 103 Å². The summed E-state index contributed by atoms with van der Waals surface area (Å²) in [6, 6.07) is 12.5. The Morgan fingerprint density at radius 2 is 1.82 bits per heavy atom. The van der Waals surface area contributed by atoms with Gasteiger partial charge in [0.15, 0.2) is 0 Å². The van der Waals surface area contributed by atoms with Gasteiger partial charge in [-0.25, -0.2) is 0 Å². The molecule has 2 nitrogen and oxygen atoms in total. The van der Waals surface area contributed by atoms with E-state index in [0.717, 1.165) is 11.4 Å². The molecular weight excluding hydrogens is 208 g/mol. The number of rotatable bonds is 3. The molecule has 0 N–H and O–H groups in total. The quantitative estimate of drug-likeness (QED) is 0.706. The maximum atomic E-state index is 4.46. The van der Waals surface area contributed by atoms with Crippen molar-refractivity contribution in [2.24, 2.45) is 12.0 Å². The molecule has 0 radical (unpaired) electrons. The molecule has 0 spiro atoms. The Kier molecular flexibility index (Phi) is 3.43. The summed E-state index contributed by atoms with van der Waals surface area (Å²) in [7, 11) is 2.02. The minimum atomic E-state index is 0.570. The number of aryl methyl sites for hydroxylation is 1. The molecule has 0 atom stereocenters. The molecule has 0 aliphatic heterocycles. The van der Waals surface area contributed by atoms with Crippen LogP contribution < -0.4 is 0 Å². The van der Waals surface area contributed by atoms with Crippen molar-refractivity contribution in [3.8, 4) is 0 Å². The minimum Gasteiger partial charge on any atom is -0.350 e. The van der Waals surface area contributed by atoms with Crippen LogP contribution >= 0.6 is 0 Å². The van der Waals surface area contributed by atoms with Crippen LogP contribution in [0.1, 0.15) is 31.0 Å². The average Bonchev–Trinajstić information content (AvgIpc) is 2.73. The van der Waals surface area contributed by atoms with Crippen LogP contribution in [0.15, 0.2) is 47.6 Å². The first-order chi connectivity index (χ1) is 8.16. The zero-order valence-electron chi connectivity index (χ0n) is 10.6. The molecular formula is C15H18N2. The Hall–Kier alpha value is -1.83. The van der Waals surface area contributed by atoms with Gasteiger partial charge in [-0.1, -0.05) is 26.0 Å². The lowest BCUT2D eigenvalue weighted by Gasteiger charge is -2.04. The summed E-state index contributed by atoms with van der Waals surface area (Å²) in [4.78, 5) is 4.46. The smallest absolute Gasteiger partial charge is 0.0630 e. The van der Waals surface area contributed by atoms with Crippen molar-refractivity contribution in [1.29, 1.82) is 0 Å². The van der Waals surface area contributed by atoms with Gasteiger partial charge in [-0.15, -0.1) is 0 Å². The summed E-state index contributed by atoms with van der Waals surface area (Å²) >= 11 is 0. The zero-order chi connectivity index (χ0) is 12.3. The molecule has 0 saturated carbocycles. The fourth-order valence-electron chi connectivity index (χ4n) is 1.69. The highest BCUT2D eigenvalue weighted by Gasteiger charge is 1.98. The van der Waals surface area contributed by atoms with Crippen LogP contribution in [0.5, 0.6) is 0 Å². The van der Waals surface area contributed by atoms with E-state index in [0.29, 0.717) is 5.92 Å². The fraction of sp³-hybridized carbons (Fsp3) is 0.267. The molecule has 0 bridgehead atoms. The first-order valence-corrected chi connectivity index (χ1v) is 5.92. The average molecular weight is 226 g/mol. The molecule has 1 aromatic carbocycles. The predicted octanol–water partition coefficient (Wildman–Crippen LogP) is 3.90. The molecule has 1 heterocycles. The predicted molar refractivity (Wildman–Crippen MR) is 73.2 cm³/mol. The summed E-state index contributed by atoms with van der Waals surface area (Å²) in [5.41, 5.74) is 3.45. The van der Waals surface area contributed by atoms with Gasteiger partial charge in [-0.05, 0) is 35.7 Å². The lowest BCUT2D eigenvalue weighted by atomic mass is 10.0. The van der Waals surface area contributed by atoms with Crippen molar-refractivity contribution in [3.05, 3.63) is 53.9 Å². The van der Waals surface area contributed by atoms with Gasteiger partial charge in [0, 0.05) is 13.2 Å². The van der Waals surface area contributed by atoms with Crippen molar-refractivity contribution < 1.29 is 0 Å². The van der Waals surface area contributed by atoms with E-state index in [1.807, 2.05) is 36.2 Å². The summed E-state index contributed by atoms with van der Waals surface area (Å²) in [6.45, 7) is 4.39. The highest BCUT2D eigenvalue weighted by Crippen LogP contribution is 2.18. The van der Waals surface area contributed by atoms with Crippen LogP contribution in [0.4, 0.5) is 5.69 Å². The Balaban J connectivity index is 2.14. The summed E-state index contributed by atoms with van der Waals surface area (Å²) in [5.74, 6) is 0.570. The molecule has 0 saturated heterocycles. The Bertz CT molecular complexity index is 504. The monoisotopic (exact) mass is 226 g/mol. The van der Waals surface area contributed by atoms with Crippen molar-refractivity contribution in [2.45, 2.75) is 19.8 Å². The van der Waals surface area contributed by atoms with Crippen molar-refractivity contribution in [3.63, 3.8) is 0 Å². The lowest BCUT2D eigenvalue weighted by molar-refractivity contribution is 0.867. The molecule has 1 aromatic heterocycles. The van der Waals surface area contributed by atoms with Gasteiger partial charge >= 0.3 is 0 Å². The maximum absolute atomic E-state index is 4.46. The van der Waals surface area contributed by atoms with Crippen molar-refractivity contribution in [1.82, 2.24) is 4.57 Å². The molecule has 2 aromatic rings. The van der Waals surface area contributed by atoms with E-state index < -0.39 is 0 Å². The zero-order valence-corrected chi connectivity index (χ0v) is 10.6. The number of benzene rings is 1. The topological polar surface area (TPSA) is 17.3 Å². The van der Waals surface area contributed by atoms with Gasteiger partial charge in [0.1, 0.15) is 0 Å². The number of nitrogens with zero attached hydrogens (tertiary/aromatic N) is 2. The van der Waals surface area contributed by atoms with E-state index in [4.69, 9.17) is 0 Å². The van der Waals surface area contributed by atoms with Gasteiger partial charge in [0.2, 0.25) is 0 Å². The van der Waals surface area contributed by atoms with Crippen LogP contribution in [0.25, 0.3) is 0 Å². The molecule has 2 heteroatoms. The van der Waals surface area contributed by atoms with E-state index in [2.05, 4.69) is 43.1 Å². The van der Waals surface area contributed by atoms with Crippen LogP contribution in [-0.4, -0.2) is 10.8 Å². The normalized spacial score (nSPS) is 11.5. The number of hydrogen-bond donors (Lipinski definition) is 0. The second-order valence-electron chi connectivity index (χ2n) is 4.55. The van der Waals surface area contributed by atoms with Gasteiger partial charge in [0.25, 0.3) is 0 Å². The third kappa shape index (κ3) is 2.84. The lowest BCUT2D eigenvalue weighted by Crippen LogP contribution is -1.92. The summed E-state index contributed by atoms with van der Waals surface area (Å²) < 4.78 is 2.05. The third-order valence-corrected chi connectivity index (χ3v) is 2.89. The van der Waals surface area contributed by atoms with E-state index in [1.165, 1.54) is 5.56 Å². The molecule has 0 unspecified atom stereocenters. The first-order valence-electron chi connectivity index (χ1n) is 5.92. The number of aromatic nitrogens is 1. The highest BCUT2D eigenvalue weighted by molar-refractivity contribution is 5.80. The summed E-state index contributed by atoms with van der Waals surface area (Å²) in [6.07, 6.45) is 3.91. The SMILES string of the molecule is CC(C)c1ccc(N=Cc2cccn2C)cc1. The fourth-order valence-corrected chi connectivity index (χ4v) is 1.69. The first kappa shape index (κ1) is 11.6. The molecule has 2 rings (SSSR count). The standard InChI is InChI=1S/C15H18N2/c1-12(2)13-6-8-14(9-7-13)16-11-15-5-4-10-17(15)3/h4-12H,1-3H3. The molecule has 17 heavy (non-hydrogen) atoms.